The first-order chi connectivity index (χ1) is 17.5. The van der Waals surface area contributed by atoms with Crippen molar-refractivity contribution in [2.75, 3.05) is 13.1 Å². The first-order valence-corrected chi connectivity index (χ1v) is 15.4. The summed E-state index contributed by atoms with van der Waals surface area (Å²) in [6.07, 6.45) is 3.12. The van der Waals surface area contributed by atoms with Gasteiger partial charge in [-0.05, 0) is 60.7 Å². The lowest BCUT2D eigenvalue weighted by molar-refractivity contribution is 0.0668. The highest BCUT2D eigenvalue weighted by Crippen LogP contribution is 2.40. The molecule has 9 heteroatoms. The molecular formula is C27H27F2IN4OS. The van der Waals surface area contributed by atoms with Gasteiger partial charge in [-0.25, -0.2) is 13.8 Å². The van der Waals surface area contributed by atoms with Crippen molar-refractivity contribution >= 4 is 41.4 Å². The average Bonchev–Trinajstić information content (AvgIpc) is 3.22. The van der Waals surface area contributed by atoms with E-state index in [1.807, 2.05) is 6.20 Å². The summed E-state index contributed by atoms with van der Waals surface area (Å²) >= 11 is 2.24. The molecule has 1 N–H and O–H groups in total. The van der Waals surface area contributed by atoms with Crippen LogP contribution < -0.4 is 0 Å². The number of hydrogen-bond donors (Lipinski definition) is 1. The summed E-state index contributed by atoms with van der Waals surface area (Å²) in [6.45, 7) is 4.62. The second-order valence-electron chi connectivity index (χ2n) is 9.13. The fraction of sp³-hybridized carbons (Fsp3) is 0.333. The largest absolute Gasteiger partial charge is 0.392 e. The van der Waals surface area contributed by atoms with Crippen molar-refractivity contribution in [1.82, 2.24) is 18.8 Å². The lowest BCUT2D eigenvalue weighted by Crippen LogP contribution is -2.37. The molecule has 0 bridgehead atoms. The van der Waals surface area contributed by atoms with Gasteiger partial charge in [-0.1, -0.05) is 31.2 Å². The summed E-state index contributed by atoms with van der Waals surface area (Å²) in [5, 5.41) is 10.9. The van der Waals surface area contributed by atoms with Crippen molar-refractivity contribution in [3.8, 4) is 22.3 Å². The van der Waals surface area contributed by atoms with Gasteiger partial charge in [0.1, 0.15) is 5.69 Å². The highest BCUT2D eigenvalue weighted by Gasteiger charge is 2.21. The second-order valence-corrected chi connectivity index (χ2v) is 10.8. The Kier molecular flexibility index (Phi) is 7.90. The number of nitrogens with zero attached hydrogens (tertiary/aromatic N) is 4. The van der Waals surface area contributed by atoms with E-state index in [2.05, 4.69) is 72.3 Å². The van der Waals surface area contributed by atoms with Gasteiger partial charge in [-0.2, -0.15) is 0 Å². The first kappa shape index (κ1) is 25.6. The predicted molar refractivity (Wildman–Crippen MR) is 150 cm³/mol. The fourth-order valence-corrected chi connectivity index (χ4v) is 6.81. The third-order valence-corrected chi connectivity index (χ3v) is 8.45. The van der Waals surface area contributed by atoms with E-state index < -0.39 is 6.43 Å². The summed E-state index contributed by atoms with van der Waals surface area (Å²) in [7, 11) is 1.53. The number of piperidine rings is 1. The molecule has 0 spiro atoms. The Labute approximate surface area is 225 Å². The molecule has 1 saturated heterocycles. The van der Waals surface area contributed by atoms with Crippen LogP contribution in [0.25, 0.3) is 33.3 Å². The minimum Gasteiger partial charge on any atom is -0.392 e. The summed E-state index contributed by atoms with van der Waals surface area (Å²) < 4.78 is 28.9. The molecule has 188 valence electrons. The molecule has 0 aliphatic carbocycles. The molecule has 0 radical (unpaired) electrons. The van der Waals surface area contributed by atoms with Crippen molar-refractivity contribution < 1.29 is 13.9 Å². The molecule has 1 fully saturated rings. The topological polar surface area (TPSA) is 54.2 Å². The number of pyridine rings is 2. The van der Waals surface area contributed by atoms with Gasteiger partial charge in [0.15, 0.2) is 5.65 Å². The molecule has 3 aromatic heterocycles. The van der Waals surface area contributed by atoms with Crippen LogP contribution in [-0.4, -0.2) is 43.1 Å². The van der Waals surface area contributed by atoms with E-state index in [4.69, 9.17) is 4.98 Å². The molecule has 36 heavy (non-hydrogen) atoms. The van der Waals surface area contributed by atoms with Crippen LogP contribution in [0.1, 0.15) is 43.1 Å². The van der Waals surface area contributed by atoms with Crippen LogP contribution in [0.3, 0.4) is 0 Å². The maximum absolute atomic E-state index is 13.4. The lowest BCUT2D eigenvalue weighted by Gasteiger charge is -2.29. The van der Waals surface area contributed by atoms with Gasteiger partial charge in [0.25, 0.3) is 6.43 Å². The SMILES string of the molecule is CCc1c(-c2ccnc(C(F)F)c2)c2cc(-c3ccc(CN4CCCC(O)C4)cc3)cnc2n1SI. The van der Waals surface area contributed by atoms with E-state index in [0.29, 0.717) is 0 Å². The predicted octanol–water partition coefficient (Wildman–Crippen LogP) is 7.07. The first-order valence-electron chi connectivity index (χ1n) is 12.0. The van der Waals surface area contributed by atoms with Crippen LogP contribution in [0.4, 0.5) is 8.78 Å². The molecule has 1 aliphatic heterocycles. The van der Waals surface area contributed by atoms with Crippen LogP contribution in [-0.2, 0) is 13.0 Å². The van der Waals surface area contributed by atoms with E-state index >= 15 is 0 Å². The van der Waals surface area contributed by atoms with Gasteiger partial charge >= 0.3 is 0 Å². The van der Waals surface area contributed by atoms with E-state index in [1.54, 1.807) is 6.07 Å². The maximum atomic E-state index is 13.4. The van der Waals surface area contributed by atoms with Crippen molar-refractivity contribution in [2.45, 2.75) is 45.3 Å². The van der Waals surface area contributed by atoms with E-state index in [0.717, 1.165) is 77.9 Å². The Hall–Kier alpha value is -2.08. The van der Waals surface area contributed by atoms with Gasteiger partial charge in [0.05, 0.1) is 6.10 Å². The smallest absolute Gasteiger partial charge is 0.280 e. The molecule has 5 nitrogen and oxygen atoms in total. The number of hydrogen-bond acceptors (Lipinski definition) is 5. The Morgan fingerprint density at radius 2 is 1.92 bits per heavy atom. The average molecular weight is 621 g/mol. The zero-order valence-electron chi connectivity index (χ0n) is 19.9. The summed E-state index contributed by atoms with van der Waals surface area (Å²) in [5.74, 6) is 0. The van der Waals surface area contributed by atoms with Crippen LogP contribution >= 0.6 is 30.3 Å². The molecule has 0 saturated carbocycles. The van der Waals surface area contributed by atoms with Crippen molar-refractivity contribution in [2.24, 2.45) is 0 Å². The highest BCUT2D eigenvalue weighted by atomic mass is 127. The van der Waals surface area contributed by atoms with Crippen molar-refractivity contribution in [1.29, 1.82) is 0 Å². The maximum Gasteiger partial charge on any atom is 0.280 e. The van der Waals surface area contributed by atoms with E-state index in [-0.39, 0.29) is 11.8 Å². The lowest BCUT2D eigenvalue weighted by atomic mass is 9.99. The number of fused-ring (bicyclic) bond motifs is 1. The second kappa shape index (κ2) is 11.1. The number of rotatable bonds is 7. The Balaban J connectivity index is 1.53. The molecule has 5 rings (SSSR count). The molecule has 4 heterocycles. The molecule has 1 aromatic carbocycles. The van der Waals surface area contributed by atoms with Gasteiger partial charge in [0.2, 0.25) is 0 Å². The van der Waals surface area contributed by atoms with Gasteiger partial charge in [-0.3, -0.25) is 13.9 Å². The van der Waals surface area contributed by atoms with E-state index in [9.17, 15) is 13.9 Å². The summed E-state index contributed by atoms with van der Waals surface area (Å²) in [6, 6.07) is 13.8. The molecule has 1 unspecified atom stereocenters. The standard InChI is InChI=1S/C27H27F2IN4OS/c1-2-24-25(19-9-10-31-23(13-19)26(28)29)22-12-20(14-32-27(22)34(24)36-30)18-7-5-17(6-8-18)15-33-11-3-4-21(35)16-33/h5-10,12-14,21,26,35H,2-4,11,15-16H2,1H3. The number of aliphatic hydroxyl groups is 1. The molecule has 4 aromatic rings. The molecule has 1 atom stereocenters. The third-order valence-electron chi connectivity index (χ3n) is 6.73. The summed E-state index contributed by atoms with van der Waals surface area (Å²) in [5.41, 5.74) is 6.53. The number of halogens is 3. The van der Waals surface area contributed by atoms with Crippen molar-refractivity contribution in [3.05, 3.63) is 71.8 Å². The van der Waals surface area contributed by atoms with Crippen LogP contribution in [0, 0.1) is 0 Å². The Morgan fingerprint density at radius 3 is 2.61 bits per heavy atom. The van der Waals surface area contributed by atoms with E-state index in [1.165, 1.54) is 26.9 Å². The number of β-amino-alcohol motifs (C(OH)–C–C–N with tert-alkyl or cyclic N) is 1. The minimum absolute atomic E-state index is 0.224. The van der Waals surface area contributed by atoms with Gasteiger partial charge in [-0.15, -0.1) is 0 Å². The number of benzene rings is 1. The monoisotopic (exact) mass is 620 g/mol. The Morgan fingerprint density at radius 1 is 1.11 bits per heavy atom. The number of aliphatic hydroxyl groups excluding tert-OH is 1. The van der Waals surface area contributed by atoms with Gasteiger partial charge in [0, 0.05) is 78.0 Å². The van der Waals surface area contributed by atoms with Crippen LogP contribution in [0.5, 0.6) is 0 Å². The fourth-order valence-electron chi connectivity index (χ4n) is 5.02. The molecule has 1 aliphatic rings. The number of aromatic nitrogens is 3. The van der Waals surface area contributed by atoms with Crippen molar-refractivity contribution in [3.63, 3.8) is 0 Å². The van der Waals surface area contributed by atoms with Crippen LogP contribution in [0.2, 0.25) is 0 Å². The quantitative estimate of drug-likeness (QED) is 0.224. The Bertz CT molecular complexity index is 1360. The zero-order chi connectivity index (χ0) is 25.2. The molecular weight excluding hydrogens is 593 g/mol. The minimum atomic E-state index is -2.62. The number of alkyl halides is 2. The normalized spacial score (nSPS) is 16.8. The van der Waals surface area contributed by atoms with Gasteiger partial charge < -0.3 is 5.11 Å². The highest BCUT2D eigenvalue weighted by molar-refractivity contribution is 14.2. The zero-order valence-corrected chi connectivity index (χ0v) is 22.8. The summed E-state index contributed by atoms with van der Waals surface area (Å²) in [4.78, 5) is 10.9. The number of likely N-dealkylation sites (tertiary alicyclic amines) is 1. The third kappa shape index (κ3) is 5.16. The molecule has 0 amide bonds. The van der Waals surface area contributed by atoms with Crippen LogP contribution in [0.15, 0.2) is 54.9 Å².